The highest BCUT2D eigenvalue weighted by atomic mass is 16.2. The fraction of sp³-hybridized carbons (Fsp3) is 0.308. The third-order valence-electron chi connectivity index (χ3n) is 3.22. The van der Waals surface area contributed by atoms with E-state index in [-0.39, 0.29) is 0 Å². The number of anilines is 1. The Hall–Kier alpha value is -2.41. The average molecular weight is 273 g/mol. The summed E-state index contributed by atoms with van der Waals surface area (Å²) in [5.41, 5.74) is 1.56. The molecule has 1 aliphatic heterocycles. The van der Waals surface area contributed by atoms with Crippen LogP contribution in [-0.4, -0.2) is 52.9 Å². The van der Waals surface area contributed by atoms with E-state index in [1.165, 1.54) is 4.90 Å². The maximum atomic E-state index is 12.0. The van der Waals surface area contributed by atoms with Gasteiger partial charge in [-0.05, 0) is 12.1 Å². The van der Waals surface area contributed by atoms with Crippen LogP contribution in [0.15, 0.2) is 24.3 Å². The molecule has 1 aromatic carbocycles. The second-order valence-electron chi connectivity index (χ2n) is 4.60. The average Bonchev–Trinajstić information content (AvgIpc) is 2.89. The number of hydrogen-bond acceptors (Lipinski definition) is 4. The highest BCUT2D eigenvalue weighted by molar-refractivity contribution is 6.39. The molecule has 1 saturated heterocycles. The van der Waals surface area contributed by atoms with E-state index in [1.807, 2.05) is 24.3 Å². The minimum absolute atomic E-state index is 0.291. The van der Waals surface area contributed by atoms with Crippen LogP contribution in [0.3, 0.4) is 0 Å². The molecule has 20 heavy (non-hydrogen) atoms. The number of piperazine rings is 1. The summed E-state index contributed by atoms with van der Waals surface area (Å²) in [7, 11) is 0. The topological polar surface area (TPSA) is 90.1 Å². The van der Waals surface area contributed by atoms with Crippen molar-refractivity contribution in [2.75, 3.05) is 31.5 Å². The molecule has 0 bridgehead atoms. The van der Waals surface area contributed by atoms with Crippen molar-refractivity contribution in [3.63, 3.8) is 0 Å². The van der Waals surface area contributed by atoms with E-state index in [2.05, 4.69) is 20.6 Å². The van der Waals surface area contributed by atoms with Gasteiger partial charge in [0.05, 0.1) is 11.0 Å². The molecule has 1 fully saturated rings. The Bertz CT molecular complexity index is 612. The van der Waals surface area contributed by atoms with Crippen molar-refractivity contribution < 1.29 is 9.59 Å². The van der Waals surface area contributed by atoms with Gasteiger partial charge in [-0.2, -0.15) is 0 Å². The Kier molecular flexibility index (Phi) is 3.34. The molecule has 0 radical (unpaired) electrons. The molecule has 104 valence electrons. The minimum atomic E-state index is -0.661. The van der Waals surface area contributed by atoms with E-state index in [0.717, 1.165) is 11.0 Å². The van der Waals surface area contributed by atoms with Gasteiger partial charge in [-0.3, -0.25) is 14.9 Å². The van der Waals surface area contributed by atoms with Gasteiger partial charge in [0.2, 0.25) is 5.95 Å². The molecule has 0 spiro atoms. The van der Waals surface area contributed by atoms with E-state index < -0.39 is 11.8 Å². The smallest absolute Gasteiger partial charge is 0.316 e. The number of nitrogens with one attached hydrogen (secondary N) is 3. The number of carbonyl (C=O) groups excluding carboxylic acids is 2. The quantitative estimate of drug-likeness (QED) is 0.635. The molecule has 1 aromatic heterocycles. The molecule has 0 unspecified atom stereocenters. The highest BCUT2D eigenvalue weighted by Crippen LogP contribution is 2.13. The second kappa shape index (κ2) is 5.30. The number of carbonyl (C=O) groups is 2. The molecule has 7 nitrogen and oxygen atoms in total. The number of aromatic amines is 1. The molecule has 1 aliphatic rings. The molecule has 0 saturated carbocycles. The van der Waals surface area contributed by atoms with Crippen LogP contribution in [0.5, 0.6) is 0 Å². The van der Waals surface area contributed by atoms with Crippen LogP contribution in [0.1, 0.15) is 0 Å². The number of rotatable bonds is 1. The summed E-state index contributed by atoms with van der Waals surface area (Å²) in [4.78, 5) is 32.6. The summed E-state index contributed by atoms with van der Waals surface area (Å²) in [6.45, 7) is 2.52. The third kappa shape index (κ3) is 2.48. The van der Waals surface area contributed by atoms with Crippen molar-refractivity contribution in [1.82, 2.24) is 20.2 Å². The summed E-state index contributed by atoms with van der Waals surface area (Å²) in [5, 5.41) is 5.64. The number of aromatic nitrogens is 2. The van der Waals surface area contributed by atoms with Gasteiger partial charge in [-0.15, -0.1) is 0 Å². The highest BCUT2D eigenvalue weighted by Gasteiger charge is 2.23. The number of benzene rings is 1. The lowest BCUT2D eigenvalue weighted by atomic mass is 10.3. The van der Waals surface area contributed by atoms with E-state index in [9.17, 15) is 9.59 Å². The van der Waals surface area contributed by atoms with Crippen molar-refractivity contribution in [2.45, 2.75) is 0 Å². The molecule has 0 atom stereocenters. The molecule has 3 N–H and O–H groups in total. The number of para-hydroxylation sites is 2. The lowest BCUT2D eigenvalue weighted by Gasteiger charge is -2.26. The van der Waals surface area contributed by atoms with Gasteiger partial charge >= 0.3 is 11.8 Å². The molecule has 7 heteroatoms. The second-order valence-corrected chi connectivity index (χ2v) is 4.60. The Morgan fingerprint density at radius 2 is 1.95 bits per heavy atom. The lowest BCUT2D eigenvalue weighted by molar-refractivity contribution is -0.143. The minimum Gasteiger partial charge on any atom is -0.332 e. The zero-order valence-electron chi connectivity index (χ0n) is 10.8. The van der Waals surface area contributed by atoms with Crippen molar-refractivity contribution in [3.8, 4) is 0 Å². The summed E-state index contributed by atoms with van der Waals surface area (Å²) in [5.74, 6) is -0.891. The molecule has 2 amide bonds. The third-order valence-corrected chi connectivity index (χ3v) is 3.22. The number of fused-ring (bicyclic) bond motifs is 1. The first-order valence-electron chi connectivity index (χ1n) is 6.50. The molecular formula is C13H15N5O2. The van der Waals surface area contributed by atoms with Crippen molar-refractivity contribution in [2.24, 2.45) is 0 Å². The van der Waals surface area contributed by atoms with Crippen LogP contribution in [0.2, 0.25) is 0 Å². The standard InChI is InChI=1S/C13H15N5O2/c19-11(12(20)18-7-5-14-6-8-18)17-13-15-9-3-1-2-4-10(9)16-13/h1-4,14H,5-8H2,(H2,15,16,17,19). The largest absolute Gasteiger partial charge is 0.332 e. The summed E-state index contributed by atoms with van der Waals surface area (Å²) < 4.78 is 0. The van der Waals surface area contributed by atoms with E-state index in [4.69, 9.17) is 0 Å². The van der Waals surface area contributed by atoms with Crippen molar-refractivity contribution in [1.29, 1.82) is 0 Å². The Balaban J connectivity index is 1.70. The summed E-state index contributed by atoms with van der Waals surface area (Å²) in [6.07, 6.45) is 0. The monoisotopic (exact) mass is 273 g/mol. The number of nitrogens with zero attached hydrogens (tertiary/aromatic N) is 2. The Morgan fingerprint density at radius 3 is 2.70 bits per heavy atom. The molecular weight excluding hydrogens is 258 g/mol. The van der Waals surface area contributed by atoms with Gasteiger partial charge < -0.3 is 15.2 Å². The molecule has 3 rings (SSSR count). The number of imidazole rings is 1. The van der Waals surface area contributed by atoms with Crippen LogP contribution >= 0.6 is 0 Å². The van der Waals surface area contributed by atoms with Gasteiger partial charge in [0.25, 0.3) is 0 Å². The lowest BCUT2D eigenvalue weighted by Crippen LogP contribution is -2.50. The summed E-state index contributed by atoms with van der Waals surface area (Å²) >= 11 is 0. The first-order valence-corrected chi connectivity index (χ1v) is 6.50. The Morgan fingerprint density at radius 1 is 1.20 bits per heavy atom. The van der Waals surface area contributed by atoms with Crippen LogP contribution in [0.4, 0.5) is 5.95 Å². The maximum absolute atomic E-state index is 12.0. The number of amides is 2. The van der Waals surface area contributed by atoms with E-state index >= 15 is 0 Å². The first-order chi connectivity index (χ1) is 9.74. The fourth-order valence-electron chi connectivity index (χ4n) is 2.18. The fourth-order valence-corrected chi connectivity index (χ4v) is 2.18. The predicted octanol–water partition coefficient (Wildman–Crippen LogP) is -0.0668. The van der Waals surface area contributed by atoms with Crippen LogP contribution < -0.4 is 10.6 Å². The van der Waals surface area contributed by atoms with Gasteiger partial charge in [0.15, 0.2) is 0 Å². The van der Waals surface area contributed by atoms with Gasteiger partial charge in [0.1, 0.15) is 0 Å². The molecule has 2 aromatic rings. The molecule has 2 heterocycles. The maximum Gasteiger partial charge on any atom is 0.316 e. The zero-order valence-corrected chi connectivity index (χ0v) is 10.8. The first kappa shape index (κ1) is 12.6. The predicted molar refractivity (Wildman–Crippen MR) is 74.2 cm³/mol. The van der Waals surface area contributed by atoms with Gasteiger partial charge in [0, 0.05) is 26.2 Å². The SMILES string of the molecule is O=C(Nc1nc2ccccc2[nH]1)C(=O)N1CCNCC1. The van der Waals surface area contributed by atoms with Crippen LogP contribution in [0.25, 0.3) is 11.0 Å². The zero-order chi connectivity index (χ0) is 13.9. The van der Waals surface area contributed by atoms with Gasteiger partial charge in [-0.25, -0.2) is 4.98 Å². The van der Waals surface area contributed by atoms with E-state index in [1.54, 1.807) is 0 Å². The number of hydrogen-bond donors (Lipinski definition) is 3. The van der Waals surface area contributed by atoms with E-state index in [0.29, 0.717) is 32.1 Å². The van der Waals surface area contributed by atoms with Crippen LogP contribution in [-0.2, 0) is 9.59 Å². The number of H-pyrrole nitrogens is 1. The molecule has 0 aliphatic carbocycles. The summed E-state index contributed by atoms with van der Waals surface area (Å²) in [6, 6.07) is 7.42. The van der Waals surface area contributed by atoms with Crippen LogP contribution in [0, 0.1) is 0 Å². The van der Waals surface area contributed by atoms with Crippen molar-refractivity contribution in [3.05, 3.63) is 24.3 Å². The van der Waals surface area contributed by atoms with Gasteiger partial charge in [-0.1, -0.05) is 12.1 Å². The normalized spacial score (nSPS) is 15.3. The Labute approximate surface area is 115 Å². The van der Waals surface area contributed by atoms with Crippen molar-refractivity contribution >= 4 is 28.8 Å².